The molecule has 0 spiro atoms. The molecule has 0 atom stereocenters. The van der Waals surface area contributed by atoms with E-state index in [1.54, 1.807) is 0 Å². The van der Waals surface area contributed by atoms with Gasteiger partial charge >= 0.3 is 0 Å². The summed E-state index contributed by atoms with van der Waals surface area (Å²) in [6.07, 6.45) is 3.43. The van der Waals surface area contributed by atoms with Crippen LogP contribution in [0.4, 0.5) is 0 Å². The SMILES string of the molecule is CC[C]1C=C(C)c2ccccc21. The van der Waals surface area contributed by atoms with E-state index < -0.39 is 0 Å². The Morgan fingerprint density at radius 3 is 2.42 bits per heavy atom. The summed E-state index contributed by atoms with van der Waals surface area (Å²) in [6, 6.07) is 8.63. The molecule has 0 nitrogen and oxygen atoms in total. The number of benzene rings is 1. The fourth-order valence-corrected chi connectivity index (χ4v) is 1.82. The normalized spacial score (nSPS) is 16.0. The van der Waals surface area contributed by atoms with E-state index in [0.29, 0.717) is 0 Å². The molecule has 0 bridgehead atoms. The molecule has 1 radical (unpaired) electrons. The van der Waals surface area contributed by atoms with Gasteiger partial charge in [-0.3, -0.25) is 0 Å². The average Bonchev–Trinajstić information content (AvgIpc) is 2.44. The molecule has 61 valence electrons. The zero-order valence-corrected chi connectivity index (χ0v) is 7.59. The topological polar surface area (TPSA) is 0 Å². The first-order chi connectivity index (χ1) is 5.83. The van der Waals surface area contributed by atoms with Crippen LogP contribution in [0, 0.1) is 5.92 Å². The summed E-state index contributed by atoms with van der Waals surface area (Å²) in [6.45, 7) is 4.39. The van der Waals surface area contributed by atoms with E-state index in [4.69, 9.17) is 0 Å². The highest BCUT2D eigenvalue weighted by molar-refractivity contribution is 5.77. The Labute approximate surface area is 73.9 Å². The van der Waals surface area contributed by atoms with Crippen molar-refractivity contribution < 1.29 is 0 Å². The molecule has 0 heteroatoms. The van der Waals surface area contributed by atoms with Crippen LogP contribution in [0.15, 0.2) is 30.3 Å². The van der Waals surface area contributed by atoms with Crippen LogP contribution in [0.25, 0.3) is 5.57 Å². The number of hydrogen-bond donors (Lipinski definition) is 0. The minimum atomic E-state index is 1.13. The average molecular weight is 157 g/mol. The highest BCUT2D eigenvalue weighted by Gasteiger charge is 2.18. The highest BCUT2D eigenvalue weighted by atomic mass is 14.2. The fraction of sp³-hybridized carbons (Fsp3) is 0.250. The summed E-state index contributed by atoms with van der Waals surface area (Å²) in [4.78, 5) is 0. The van der Waals surface area contributed by atoms with E-state index in [0.717, 1.165) is 6.42 Å². The van der Waals surface area contributed by atoms with Crippen LogP contribution in [-0.2, 0) is 0 Å². The van der Waals surface area contributed by atoms with Crippen LogP contribution < -0.4 is 0 Å². The van der Waals surface area contributed by atoms with Crippen molar-refractivity contribution in [2.45, 2.75) is 20.3 Å². The van der Waals surface area contributed by atoms with Crippen molar-refractivity contribution in [2.75, 3.05) is 0 Å². The van der Waals surface area contributed by atoms with Gasteiger partial charge in [0.15, 0.2) is 0 Å². The second-order valence-electron chi connectivity index (χ2n) is 3.25. The third kappa shape index (κ3) is 0.989. The predicted molar refractivity (Wildman–Crippen MR) is 52.7 cm³/mol. The lowest BCUT2D eigenvalue weighted by Crippen LogP contribution is -1.90. The summed E-state index contributed by atoms with van der Waals surface area (Å²) in [5.74, 6) is 1.48. The third-order valence-electron chi connectivity index (χ3n) is 2.47. The monoisotopic (exact) mass is 157 g/mol. The van der Waals surface area contributed by atoms with Gasteiger partial charge in [-0.2, -0.15) is 0 Å². The summed E-state index contributed by atoms with van der Waals surface area (Å²) < 4.78 is 0. The van der Waals surface area contributed by atoms with Gasteiger partial charge in [0.05, 0.1) is 0 Å². The van der Waals surface area contributed by atoms with Gasteiger partial charge in [0.25, 0.3) is 0 Å². The Hall–Kier alpha value is -1.04. The van der Waals surface area contributed by atoms with Gasteiger partial charge in [0.1, 0.15) is 0 Å². The molecular formula is C12H13. The van der Waals surface area contributed by atoms with Crippen LogP contribution in [-0.4, -0.2) is 0 Å². The Bertz CT molecular complexity index is 321. The standard InChI is InChI=1S/C12H13/c1-3-10-8-9(2)11-6-4-5-7-12(10)11/h4-8H,3H2,1-2H3. The van der Waals surface area contributed by atoms with Crippen molar-refractivity contribution in [1.29, 1.82) is 0 Å². The molecule has 0 aliphatic heterocycles. The van der Waals surface area contributed by atoms with Crippen LogP contribution in [0.2, 0.25) is 0 Å². The first kappa shape index (κ1) is 7.60. The van der Waals surface area contributed by atoms with Crippen LogP contribution in [0.3, 0.4) is 0 Å². The molecule has 0 saturated carbocycles. The molecule has 0 aromatic heterocycles. The van der Waals surface area contributed by atoms with Gasteiger partial charge in [-0.15, -0.1) is 0 Å². The fourth-order valence-electron chi connectivity index (χ4n) is 1.82. The van der Waals surface area contributed by atoms with Gasteiger partial charge in [-0.05, 0) is 30.0 Å². The van der Waals surface area contributed by atoms with E-state index in [1.165, 1.54) is 22.6 Å². The van der Waals surface area contributed by atoms with Gasteiger partial charge in [-0.1, -0.05) is 37.3 Å². The molecule has 0 amide bonds. The third-order valence-corrected chi connectivity index (χ3v) is 2.47. The Kier molecular flexibility index (Phi) is 1.76. The molecule has 2 rings (SSSR count). The predicted octanol–water partition coefficient (Wildman–Crippen LogP) is 3.44. The van der Waals surface area contributed by atoms with E-state index in [1.807, 2.05) is 0 Å². The van der Waals surface area contributed by atoms with Gasteiger partial charge < -0.3 is 0 Å². The lowest BCUT2D eigenvalue weighted by Gasteiger charge is -2.05. The number of rotatable bonds is 1. The Morgan fingerprint density at radius 1 is 1.08 bits per heavy atom. The number of hydrogen-bond acceptors (Lipinski definition) is 0. The minimum absolute atomic E-state index is 1.13. The van der Waals surface area contributed by atoms with Crippen molar-refractivity contribution in [2.24, 2.45) is 0 Å². The largest absolute Gasteiger partial charge is 0.0692 e. The minimum Gasteiger partial charge on any atom is -0.0692 e. The van der Waals surface area contributed by atoms with Crippen LogP contribution in [0.5, 0.6) is 0 Å². The van der Waals surface area contributed by atoms with E-state index in [2.05, 4.69) is 44.2 Å². The molecule has 0 fully saturated rings. The van der Waals surface area contributed by atoms with Crippen molar-refractivity contribution in [3.63, 3.8) is 0 Å². The van der Waals surface area contributed by atoms with Gasteiger partial charge in [-0.25, -0.2) is 0 Å². The second kappa shape index (κ2) is 2.78. The summed E-state index contributed by atoms with van der Waals surface area (Å²) in [5, 5.41) is 0. The molecule has 0 unspecified atom stereocenters. The molecule has 1 aliphatic rings. The lowest BCUT2D eigenvalue weighted by molar-refractivity contribution is 1.03. The van der Waals surface area contributed by atoms with Crippen LogP contribution >= 0.6 is 0 Å². The zero-order chi connectivity index (χ0) is 8.55. The summed E-state index contributed by atoms with van der Waals surface area (Å²) in [7, 11) is 0. The lowest BCUT2D eigenvalue weighted by atomic mass is 9.98. The summed E-state index contributed by atoms with van der Waals surface area (Å²) >= 11 is 0. The first-order valence-corrected chi connectivity index (χ1v) is 4.47. The molecule has 0 N–H and O–H groups in total. The van der Waals surface area contributed by atoms with Crippen molar-refractivity contribution in [1.82, 2.24) is 0 Å². The van der Waals surface area contributed by atoms with Crippen molar-refractivity contribution >= 4 is 5.57 Å². The van der Waals surface area contributed by atoms with Crippen molar-refractivity contribution in [3.8, 4) is 0 Å². The molecule has 12 heavy (non-hydrogen) atoms. The molecule has 0 saturated heterocycles. The zero-order valence-electron chi connectivity index (χ0n) is 7.59. The maximum atomic E-state index is 2.30. The number of allylic oxidation sites excluding steroid dienone is 2. The molecule has 0 heterocycles. The van der Waals surface area contributed by atoms with Crippen LogP contribution in [0.1, 0.15) is 31.4 Å². The van der Waals surface area contributed by atoms with E-state index in [-0.39, 0.29) is 0 Å². The van der Waals surface area contributed by atoms with Gasteiger partial charge in [0, 0.05) is 5.92 Å². The highest BCUT2D eigenvalue weighted by Crippen LogP contribution is 2.36. The number of fused-ring (bicyclic) bond motifs is 1. The molecule has 1 aromatic carbocycles. The maximum Gasteiger partial charge on any atom is 0.0273 e. The Morgan fingerprint density at radius 2 is 1.75 bits per heavy atom. The first-order valence-electron chi connectivity index (χ1n) is 4.47. The maximum absolute atomic E-state index is 2.30. The molecular weight excluding hydrogens is 144 g/mol. The van der Waals surface area contributed by atoms with E-state index in [9.17, 15) is 0 Å². The molecule has 1 aromatic rings. The summed E-state index contributed by atoms with van der Waals surface area (Å²) in [5.41, 5.74) is 4.24. The van der Waals surface area contributed by atoms with Crippen molar-refractivity contribution in [3.05, 3.63) is 47.4 Å². The second-order valence-corrected chi connectivity index (χ2v) is 3.25. The molecule has 1 aliphatic carbocycles. The quantitative estimate of drug-likeness (QED) is 0.585. The Balaban J connectivity index is 2.52. The van der Waals surface area contributed by atoms with Gasteiger partial charge in [0.2, 0.25) is 0 Å². The van der Waals surface area contributed by atoms with E-state index >= 15 is 0 Å². The smallest absolute Gasteiger partial charge is 0.0273 e.